The molecule has 1 N–H and O–H groups in total. The molecule has 0 aromatic carbocycles. The first-order valence-corrected chi connectivity index (χ1v) is 4.99. The highest BCUT2D eigenvalue weighted by molar-refractivity contribution is 5.49. The maximum Gasteiger partial charge on any atom is 0.196 e. The van der Waals surface area contributed by atoms with Crippen LogP contribution in [0.25, 0.3) is 0 Å². The number of rotatable bonds is 5. The predicted octanol–water partition coefficient (Wildman–Crippen LogP) is 3.45. The largest absolute Gasteiger partial charge is 0.449 e. The van der Waals surface area contributed by atoms with Crippen LogP contribution in [0.2, 0.25) is 0 Å². The molecule has 0 saturated heterocycles. The Morgan fingerprint density at radius 1 is 1.31 bits per heavy atom. The number of hydrogen-bond acceptors (Lipinski definition) is 2. The van der Waals surface area contributed by atoms with Crippen LogP contribution in [0, 0.1) is 5.92 Å². The second-order valence-corrected chi connectivity index (χ2v) is 3.00. The van der Waals surface area contributed by atoms with Gasteiger partial charge in [0.2, 0.25) is 0 Å². The maximum atomic E-state index is 5.36. The van der Waals surface area contributed by atoms with Gasteiger partial charge in [0.05, 0.1) is 6.26 Å². The lowest BCUT2D eigenvalue weighted by Gasteiger charge is -2.11. The zero-order chi connectivity index (χ0) is 9.68. The quantitative estimate of drug-likeness (QED) is 0.750. The lowest BCUT2D eigenvalue weighted by Crippen LogP contribution is -2.02. The van der Waals surface area contributed by atoms with Crippen molar-refractivity contribution in [2.75, 3.05) is 11.9 Å². The summed E-state index contributed by atoms with van der Waals surface area (Å²) in [4.78, 5) is 0. The molecule has 0 saturated carbocycles. The molecule has 0 atom stereocenters. The average molecular weight is 180 g/mol. The Bertz CT molecular complexity index is 238. The minimum Gasteiger partial charge on any atom is -0.449 e. The molecule has 1 aromatic heterocycles. The highest BCUT2D eigenvalue weighted by atomic mass is 16.3. The summed E-state index contributed by atoms with van der Waals surface area (Å²) >= 11 is 0. The van der Waals surface area contributed by atoms with Crippen LogP contribution in [0.15, 0.2) is 16.7 Å². The third-order valence-electron chi connectivity index (χ3n) is 2.24. The van der Waals surface area contributed by atoms with Crippen molar-refractivity contribution in [2.24, 2.45) is 0 Å². The molecule has 2 heteroatoms. The van der Waals surface area contributed by atoms with Crippen LogP contribution < -0.4 is 5.32 Å². The lowest BCUT2D eigenvalue weighted by molar-refractivity contribution is 0.577. The molecule has 1 heterocycles. The van der Waals surface area contributed by atoms with E-state index in [0.717, 1.165) is 25.3 Å². The van der Waals surface area contributed by atoms with Gasteiger partial charge in [0.1, 0.15) is 0 Å². The van der Waals surface area contributed by atoms with Crippen LogP contribution in [-0.2, 0) is 0 Å². The molecule has 0 fully saturated rings. The molecule has 0 aliphatic rings. The molecule has 0 aliphatic heterocycles. The first-order valence-electron chi connectivity index (χ1n) is 4.99. The van der Waals surface area contributed by atoms with Crippen molar-refractivity contribution >= 4 is 5.88 Å². The lowest BCUT2D eigenvalue weighted by atomic mass is 9.96. The number of furan rings is 1. The molecular weight excluding hydrogens is 162 g/mol. The van der Waals surface area contributed by atoms with Gasteiger partial charge in [-0.05, 0) is 25.8 Å². The molecule has 0 aliphatic carbocycles. The minimum absolute atomic E-state index is 0.904. The minimum atomic E-state index is 0.904. The molecule has 0 spiro atoms. The van der Waals surface area contributed by atoms with Crippen molar-refractivity contribution < 1.29 is 4.42 Å². The van der Waals surface area contributed by atoms with E-state index in [4.69, 9.17) is 4.42 Å². The molecule has 1 aromatic rings. The molecule has 0 amide bonds. The van der Waals surface area contributed by atoms with Crippen LogP contribution >= 0.6 is 0 Å². The van der Waals surface area contributed by atoms with Gasteiger partial charge in [-0.1, -0.05) is 13.8 Å². The topological polar surface area (TPSA) is 25.2 Å². The third-order valence-corrected chi connectivity index (χ3v) is 2.24. The van der Waals surface area contributed by atoms with Gasteiger partial charge in [0.25, 0.3) is 0 Å². The van der Waals surface area contributed by atoms with E-state index >= 15 is 0 Å². The molecule has 1 rings (SSSR count). The predicted molar refractivity (Wildman–Crippen MR) is 55.8 cm³/mol. The van der Waals surface area contributed by atoms with E-state index in [2.05, 4.69) is 26.1 Å². The van der Waals surface area contributed by atoms with Crippen molar-refractivity contribution in [2.45, 2.75) is 33.6 Å². The number of anilines is 1. The third kappa shape index (κ3) is 2.27. The normalized spacial score (nSPS) is 10.8. The van der Waals surface area contributed by atoms with Gasteiger partial charge < -0.3 is 9.73 Å². The van der Waals surface area contributed by atoms with E-state index in [1.807, 2.05) is 6.07 Å². The maximum absolute atomic E-state index is 5.36. The highest BCUT2D eigenvalue weighted by Crippen LogP contribution is 2.29. The zero-order valence-electron chi connectivity index (χ0n) is 8.68. The molecule has 73 valence electrons. The second kappa shape index (κ2) is 4.95. The molecule has 0 unspecified atom stereocenters. The van der Waals surface area contributed by atoms with Gasteiger partial charge in [-0.2, -0.15) is 0 Å². The van der Waals surface area contributed by atoms with Crippen molar-refractivity contribution in [3.63, 3.8) is 0 Å². The number of hydrogen-bond donors (Lipinski definition) is 1. The highest BCUT2D eigenvalue weighted by Gasteiger charge is 2.14. The van der Waals surface area contributed by atoms with E-state index in [9.17, 15) is 0 Å². The smallest absolute Gasteiger partial charge is 0.196 e. The first kappa shape index (κ1) is 10.2. The van der Waals surface area contributed by atoms with Crippen LogP contribution in [0.3, 0.4) is 0 Å². The van der Waals surface area contributed by atoms with Gasteiger partial charge in [-0.15, -0.1) is 0 Å². The molecule has 1 radical (unpaired) electrons. The van der Waals surface area contributed by atoms with Gasteiger partial charge in [0, 0.05) is 18.0 Å². The fourth-order valence-electron chi connectivity index (χ4n) is 1.52. The Morgan fingerprint density at radius 2 is 2.00 bits per heavy atom. The van der Waals surface area contributed by atoms with Gasteiger partial charge in [-0.3, -0.25) is 0 Å². The Labute approximate surface area is 80.3 Å². The van der Waals surface area contributed by atoms with E-state index in [1.54, 1.807) is 6.26 Å². The van der Waals surface area contributed by atoms with Crippen molar-refractivity contribution in [1.29, 1.82) is 0 Å². The Kier molecular flexibility index (Phi) is 3.87. The van der Waals surface area contributed by atoms with Crippen LogP contribution in [0.5, 0.6) is 0 Å². The molecule has 13 heavy (non-hydrogen) atoms. The Balaban J connectivity index is 2.78. The summed E-state index contributed by atoms with van der Waals surface area (Å²) in [5, 5.41) is 3.22. The standard InChI is InChI=1S/C11H18NO/c1-4-9(5-2)10-7-8-13-11(10)12-6-3/h7-8,12H,4-6H2,1-3H3. The monoisotopic (exact) mass is 180 g/mol. The molecule has 2 nitrogen and oxygen atoms in total. The van der Waals surface area contributed by atoms with Crippen molar-refractivity contribution in [3.8, 4) is 0 Å². The van der Waals surface area contributed by atoms with Crippen LogP contribution in [0.4, 0.5) is 5.88 Å². The summed E-state index contributed by atoms with van der Waals surface area (Å²) in [6, 6.07) is 2.04. The summed E-state index contributed by atoms with van der Waals surface area (Å²) in [5.74, 6) is 2.37. The molecular formula is C11H18NO. The Hall–Kier alpha value is -0.920. The first-order chi connectivity index (χ1) is 6.33. The van der Waals surface area contributed by atoms with Crippen molar-refractivity contribution in [1.82, 2.24) is 0 Å². The number of nitrogens with one attached hydrogen (secondary N) is 1. The van der Waals surface area contributed by atoms with E-state index < -0.39 is 0 Å². The van der Waals surface area contributed by atoms with Crippen LogP contribution in [0.1, 0.15) is 39.2 Å². The summed E-state index contributed by atoms with van der Waals surface area (Å²) in [6.07, 6.45) is 3.93. The zero-order valence-corrected chi connectivity index (χ0v) is 8.68. The Morgan fingerprint density at radius 3 is 2.54 bits per heavy atom. The van der Waals surface area contributed by atoms with E-state index in [-0.39, 0.29) is 0 Å². The van der Waals surface area contributed by atoms with Gasteiger partial charge >= 0.3 is 0 Å². The summed E-state index contributed by atoms with van der Waals surface area (Å²) < 4.78 is 5.36. The van der Waals surface area contributed by atoms with Crippen molar-refractivity contribution in [3.05, 3.63) is 23.8 Å². The summed E-state index contributed by atoms with van der Waals surface area (Å²) in [7, 11) is 0. The molecule has 0 bridgehead atoms. The fourth-order valence-corrected chi connectivity index (χ4v) is 1.52. The average Bonchev–Trinajstić information content (AvgIpc) is 2.57. The second-order valence-electron chi connectivity index (χ2n) is 3.00. The van der Waals surface area contributed by atoms with Gasteiger partial charge in [0.15, 0.2) is 5.88 Å². The summed E-state index contributed by atoms with van der Waals surface area (Å²) in [6.45, 7) is 7.34. The van der Waals surface area contributed by atoms with E-state index in [1.165, 1.54) is 11.5 Å². The SMILES string of the molecule is CCNc1occc1[C](CC)CC. The fraction of sp³-hybridized carbons (Fsp3) is 0.545. The van der Waals surface area contributed by atoms with E-state index in [0.29, 0.717) is 0 Å². The van der Waals surface area contributed by atoms with Gasteiger partial charge in [-0.25, -0.2) is 0 Å². The van der Waals surface area contributed by atoms with Crippen LogP contribution in [-0.4, -0.2) is 6.54 Å². The summed E-state index contributed by atoms with van der Waals surface area (Å²) in [5.41, 5.74) is 1.24.